The minimum atomic E-state index is 1.08. The molecule has 1 nitrogen and oxygen atoms in total. The second kappa shape index (κ2) is 9.14. The van der Waals surface area contributed by atoms with Crippen molar-refractivity contribution >= 4 is 43.2 Å². The number of benzene rings is 4. The lowest BCUT2D eigenvalue weighted by atomic mass is 9.88. The van der Waals surface area contributed by atoms with E-state index in [2.05, 4.69) is 146 Å². The van der Waals surface area contributed by atoms with Crippen LogP contribution in [0.15, 0.2) is 112 Å². The molecule has 0 saturated carbocycles. The lowest BCUT2D eigenvalue weighted by Gasteiger charge is -2.16. The number of nitrogens with zero attached hydrogens (tertiary/aromatic N) is 1. The number of aromatic nitrogens is 1. The van der Waals surface area contributed by atoms with Crippen molar-refractivity contribution in [3.8, 4) is 44.0 Å². The molecule has 0 spiro atoms. The number of rotatable bonds is 4. The maximum Gasteiger partial charge on any atom is 0.270 e. The molecule has 1 aromatic heterocycles. The topological polar surface area (TPSA) is 3.88 Å². The Balaban J connectivity index is 1.88. The highest BCUT2D eigenvalue weighted by atomic mass is 79.9. The summed E-state index contributed by atoms with van der Waals surface area (Å²) in [6, 6.07) is 32.5. The molecule has 5 rings (SSSR count). The van der Waals surface area contributed by atoms with E-state index in [1.807, 2.05) is 0 Å². The van der Waals surface area contributed by atoms with Crippen molar-refractivity contribution < 1.29 is 4.57 Å². The minimum absolute atomic E-state index is 1.08. The Kier molecular flexibility index (Phi) is 6.09. The Bertz CT molecular complexity index is 1310. The molecule has 0 aliphatic carbocycles. The van der Waals surface area contributed by atoms with Crippen LogP contribution < -0.4 is 4.57 Å². The van der Waals surface area contributed by atoms with E-state index in [9.17, 15) is 0 Å². The normalized spacial score (nSPS) is 11.0. The van der Waals surface area contributed by atoms with E-state index in [-0.39, 0.29) is 0 Å². The quantitative estimate of drug-likeness (QED) is 0.193. The number of halogens is 2. The van der Waals surface area contributed by atoms with E-state index in [1.165, 1.54) is 44.0 Å². The fourth-order valence-corrected chi connectivity index (χ4v) is 5.42. The summed E-state index contributed by atoms with van der Waals surface area (Å²) in [4.78, 5) is 0. The predicted molar refractivity (Wildman–Crippen MR) is 143 cm³/mol. The van der Waals surface area contributed by atoms with Crippen LogP contribution in [0.4, 0.5) is 0 Å². The Morgan fingerprint density at radius 2 is 1.16 bits per heavy atom. The van der Waals surface area contributed by atoms with Crippen molar-refractivity contribution in [2.45, 2.75) is 0 Å². The molecule has 0 N–H and O–H groups in total. The van der Waals surface area contributed by atoms with Crippen LogP contribution in [-0.2, 0) is 7.05 Å². The second-order valence-electron chi connectivity index (χ2n) is 7.65. The van der Waals surface area contributed by atoms with Gasteiger partial charge in [-0.05, 0) is 69.8 Å². The molecular weight excluding hydrogens is 542 g/mol. The van der Waals surface area contributed by atoms with Crippen LogP contribution in [0.25, 0.3) is 44.0 Å². The Morgan fingerprint density at radius 3 is 1.62 bits per heavy atom. The van der Waals surface area contributed by atoms with E-state index in [1.54, 1.807) is 11.3 Å². The third-order valence-corrected chi connectivity index (χ3v) is 7.58. The smallest absolute Gasteiger partial charge is 0.191 e. The lowest BCUT2D eigenvalue weighted by Crippen LogP contribution is -2.27. The monoisotopic (exact) mass is 560 g/mol. The van der Waals surface area contributed by atoms with E-state index in [0.717, 1.165) is 8.95 Å². The Hall–Kier alpha value is -2.53. The standard InChI is InChI=1S/C28H20Br2NS/c1-31-15-16-32-28(31)27-25(20-7-11-23(29)12-8-20)17-22(19-5-3-2-4-6-19)18-26(27)21-9-13-24(30)14-10-21/h2-18H,1H3/q+1. The zero-order valence-electron chi connectivity index (χ0n) is 17.4. The summed E-state index contributed by atoms with van der Waals surface area (Å²) in [7, 11) is 2.12. The van der Waals surface area contributed by atoms with Gasteiger partial charge in [-0.1, -0.05) is 97.8 Å². The SMILES string of the molecule is C[n+]1ccsc1-c1c(-c2ccc(Br)cc2)cc(-c2ccccc2)cc1-c1ccc(Br)cc1. The van der Waals surface area contributed by atoms with Gasteiger partial charge in [-0.25, -0.2) is 0 Å². The van der Waals surface area contributed by atoms with Gasteiger partial charge in [0.2, 0.25) is 0 Å². The van der Waals surface area contributed by atoms with Crippen molar-refractivity contribution in [1.29, 1.82) is 0 Å². The summed E-state index contributed by atoms with van der Waals surface area (Å²) < 4.78 is 4.38. The molecular formula is C28H20Br2NS+. The molecule has 0 fully saturated rings. The fourth-order valence-electron chi connectivity index (χ4n) is 3.96. The van der Waals surface area contributed by atoms with Crippen LogP contribution >= 0.6 is 43.2 Å². The molecule has 4 heteroatoms. The first-order valence-electron chi connectivity index (χ1n) is 10.3. The largest absolute Gasteiger partial charge is 0.270 e. The second-order valence-corrected chi connectivity index (χ2v) is 10.4. The van der Waals surface area contributed by atoms with Crippen LogP contribution in [0.3, 0.4) is 0 Å². The number of aryl methyl sites for hydroxylation is 1. The van der Waals surface area contributed by atoms with Gasteiger partial charge in [0, 0.05) is 8.95 Å². The van der Waals surface area contributed by atoms with E-state index >= 15 is 0 Å². The van der Waals surface area contributed by atoms with Gasteiger partial charge < -0.3 is 0 Å². The first-order chi connectivity index (χ1) is 15.6. The maximum absolute atomic E-state index is 3.59. The average molecular weight is 562 g/mol. The fraction of sp³-hybridized carbons (Fsp3) is 0.0357. The molecule has 156 valence electrons. The number of hydrogen-bond acceptors (Lipinski definition) is 1. The predicted octanol–water partition coefficient (Wildman–Crippen LogP) is 8.77. The third kappa shape index (κ3) is 4.23. The highest BCUT2D eigenvalue weighted by molar-refractivity contribution is 9.10. The van der Waals surface area contributed by atoms with Crippen LogP contribution in [-0.4, -0.2) is 0 Å². The van der Waals surface area contributed by atoms with Crippen LogP contribution in [0.5, 0.6) is 0 Å². The van der Waals surface area contributed by atoms with Crippen molar-refractivity contribution in [2.24, 2.45) is 7.05 Å². The molecule has 0 bridgehead atoms. The highest BCUT2D eigenvalue weighted by Crippen LogP contribution is 2.43. The Labute approximate surface area is 209 Å². The lowest BCUT2D eigenvalue weighted by molar-refractivity contribution is -0.655. The number of hydrogen-bond donors (Lipinski definition) is 0. The van der Waals surface area contributed by atoms with Gasteiger partial charge in [-0.3, -0.25) is 0 Å². The maximum atomic E-state index is 3.59. The van der Waals surface area contributed by atoms with Gasteiger partial charge >= 0.3 is 0 Å². The summed E-state index contributed by atoms with van der Waals surface area (Å²) in [5.74, 6) is 0. The molecule has 32 heavy (non-hydrogen) atoms. The van der Waals surface area contributed by atoms with Crippen molar-refractivity contribution in [1.82, 2.24) is 0 Å². The molecule has 0 saturated heterocycles. The van der Waals surface area contributed by atoms with Gasteiger partial charge in [0.25, 0.3) is 5.01 Å². The highest BCUT2D eigenvalue weighted by Gasteiger charge is 2.23. The van der Waals surface area contributed by atoms with Crippen molar-refractivity contribution in [3.05, 3.63) is 112 Å². The van der Waals surface area contributed by atoms with E-state index in [0.29, 0.717) is 0 Å². The van der Waals surface area contributed by atoms with Crippen LogP contribution in [0, 0.1) is 0 Å². The van der Waals surface area contributed by atoms with Gasteiger partial charge in [0.05, 0.1) is 10.9 Å². The first kappa shape index (κ1) is 21.3. The summed E-state index contributed by atoms with van der Waals surface area (Å²) in [5.41, 5.74) is 8.55. The summed E-state index contributed by atoms with van der Waals surface area (Å²) in [6.45, 7) is 0. The van der Waals surface area contributed by atoms with Gasteiger partial charge in [-0.15, -0.1) is 0 Å². The molecule has 0 aliphatic heterocycles. The summed E-state index contributed by atoms with van der Waals surface area (Å²) in [5, 5.41) is 3.39. The average Bonchev–Trinajstić information content (AvgIpc) is 3.25. The van der Waals surface area contributed by atoms with Crippen LogP contribution in [0.1, 0.15) is 0 Å². The molecule has 0 atom stereocenters. The van der Waals surface area contributed by atoms with Gasteiger partial charge in [0.1, 0.15) is 7.05 Å². The van der Waals surface area contributed by atoms with E-state index < -0.39 is 0 Å². The summed E-state index contributed by atoms with van der Waals surface area (Å²) in [6.07, 6.45) is 2.13. The molecule has 0 amide bonds. The van der Waals surface area contributed by atoms with Gasteiger partial charge in [0.15, 0.2) is 6.20 Å². The minimum Gasteiger partial charge on any atom is -0.191 e. The molecule has 0 unspecified atom stereocenters. The van der Waals surface area contributed by atoms with Crippen molar-refractivity contribution in [3.63, 3.8) is 0 Å². The first-order valence-corrected chi connectivity index (χ1v) is 12.8. The molecule has 0 aliphatic rings. The molecule has 5 aromatic rings. The Morgan fingerprint density at radius 1 is 0.625 bits per heavy atom. The molecule has 1 heterocycles. The molecule has 4 aromatic carbocycles. The van der Waals surface area contributed by atoms with Crippen LogP contribution in [0.2, 0.25) is 0 Å². The van der Waals surface area contributed by atoms with E-state index in [4.69, 9.17) is 0 Å². The zero-order valence-corrected chi connectivity index (χ0v) is 21.4. The number of thiazole rings is 1. The zero-order chi connectivity index (χ0) is 22.1. The molecule has 0 radical (unpaired) electrons. The van der Waals surface area contributed by atoms with Gasteiger partial charge in [-0.2, -0.15) is 4.57 Å². The van der Waals surface area contributed by atoms with Crippen molar-refractivity contribution in [2.75, 3.05) is 0 Å². The summed E-state index contributed by atoms with van der Waals surface area (Å²) >= 11 is 8.95. The third-order valence-electron chi connectivity index (χ3n) is 5.55.